The van der Waals surface area contributed by atoms with E-state index in [1.54, 1.807) is 14.1 Å². The monoisotopic (exact) mass is 527 g/mol. The summed E-state index contributed by atoms with van der Waals surface area (Å²) < 4.78 is 0. The summed E-state index contributed by atoms with van der Waals surface area (Å²) in [7, 11) is 3.16. The van der Waals surface area contributed by atoms with Gasteiger partial charge in [-0.05, 0) is 62.9 Å². The Morgan fingerprint density at radius 2 is 1.87 bits per heavy atom. The van der Waals surface area contributed by atoms with E-state index < -0.39 is 58.0 Å². The van der Waals surface area contributed by atoms with Crippen molar-refractivity contribution in [2.45, 2.75) is 58.2 Å². The number of aryl methyl sites for hydroxylation is 1. The molecule has 3 aliphatic carbocycles. The van der Waals surface area contributed by atoms with Gasteiger partial charge in [-0.1, -0.05) is 26.8 Å². The zero-order valence-electron chi connectivity index (χ0n) is 22.5. The van der Waals surface area contributed by atoms with Crippen LogP contribution in [0, 0.1) is 17.8 Å². The third-order valence-electron chi connectivity index (χ3n) is 8.14. The summed E-state index contributed by atoms with van der Waals surface area (Å²) in [5, 5.41) is 48.6. The normalized spacial score (nSPS) is 27.1. The van der Waals surface area contributed by atoms with Crippen molar-refractivity contribution in [3.8, 4) is 5.75 Å². The second kappa shape index (κ2) is 9.83. The van der Waals surface area contributed by atoms with E-state index in [0.717, 1.165) is 12.1 Å². The molecule has 7 N–H and O–H groups in total. The molecule has 0 bridgehead atoms. The van der Waals surface area contributed by atoms with Gasteiger partial charge in [0.25, 0.3) is 5.91 Å². The van der Waals surface area contributed by atoms with Crippen LogP contribution in [0.2, 0.25) is 0 Å². The first-order valence-corrected chi connectivity index (χ1v) is 13.0. The molecule has 3 aliphatic rings. The average Bonchev–Trinajstić information content (AvgIpc) is 2.82. The standard InChI is InChI=1S/C28H37N3O7/c1-6-13-7-15(11-30-10-12(2)3)22(32)19-16(13)8-14-9-17-21(31(4)5)24(34)20(27(29)37)26(36)28(17,38)25(35)18(14)23(19)33/h7,12,14,17,21,30,32-33,36,38H,6,8-11H2,1-5H3,(H2,29,37)/t14-,17-,21-,28-/m1/s1. The van der Waals surface area contributed by atoms with E-state index in [-0.39, 0.29) is 23.3 Å². The molecular formula is C28H37N3O7. The second-order valence-corrected chi connectivity index (χ2v) is 11.2. The maximum Gasteiger partial charge on any atom is 0.255 e. The van der Waals surface area contributed by atoms with Crippen LogP contribution in [0.25, 0.3) is 5.76 Å². The van der Waals surface area contributed by atoms with Crippen molar-refractivity contribution >= 4 is 23.2 Å². The van der Waals surface area contributed by atoms with Gasteiger partial charge in [0.05, 0.1) is 11.6 Å². The number of phenols is 1. The summed E-state index contributed by atoms with van der Waals surface area (Å²) >= 11 is 0. The fourth-order valence-corrected chi connectivity index (χ4v) is 6.40. The molecule has 0 spiro atoms. The molecule has 10 heteroatoms. The number of primary amides is 1. The van der Waals surface area contributed by atoms with Crippen LogP contribution < -0.4 is 11.1 Å². The number of fused-ring (bicyclic) bond motifs is 3. The number of rotatable bonds is 7. The summed E-state index contributed by atoms with van der Waals surface area (Å²) in [5.74, 6) is -5.98. The fraction of sp³-hybridized carbons (Fsp3) is 0.536. The number of amides is 1. The van der Waals surface area contributed by atoms with Crippen molar-refractivity contribution in [1.82, 2.24) is 10.2 Å². The van der Waals surface area contributed by atoms with Crippen LogP contribution in [0.1, 0.15) is 49.4 Å². The summed E-state index contributed by atoms with van der Waals surface area (Å²) in [6.45, 7) is 7.17. The van der Waals surface area contributed by atoms with Gasteiger partial charge in [0.1, 0.15) is 22.8 Å². The van der Waals surface area contributed by atoms with E-state index in [4.69, 9.17) is 5.73 Å². The lowest BCUT2D eigenvalue weighted by Gasteiger charge is -2.50. The molecule has 0 heterocycles. The summed E-state index contributed by atoms with van der Waals surface area (Å²) in [6, 6.07) is 0.808. The summed E-state index contributed by atoms with van der Waals surface area (Å²) in [6.07, 6.45) is 0.999. The molecule has 0 saturated heterocycles. The number of nitrogens with zero attached hydrogens (tertiary/aromatic N) is 1. The number of ketones is 2. The number of aliphatic hydroxyl groups is 3. The SMILES string of the molecule is CCc1cc(CNCC(C)C)c(O)c2c1C[C@@H]1C[C@@H]3[C@@H](N(C)C)C(=O)C(C(N)=O)=C(O)[C@]3(O)C(=O)C1=C2O. The largest absolute Gasteiger partial charge is 0.508 e. The quantitative estimate of drug-likeness (QED) is 0.285. The predicted molar refractivity (Wildman–Crippen MR) is 140 cm³/mol. The van der Waals surface area contributed by atoms with Gasteiger partial charge in [-0.3, -0.25) is 19.3 Å². The van der Waals surface area contributed by atoms with Crippen LogP contribution in [-0.4, -0.2) is 75.1 Å². The van der Waals surface area contributed by atoms with Crippen molar-refractivity contribution in [2.24, 2.45) is 23.5 Å². The van der Waals surface area contributed by atoms with E-state index in [2.05, 4.69) is 19.2 Å². The number of aromatic hydroxyl groups is 1. The average molecular weight is 528 g/mol. The molecule has 4 rings (SSSR count). The third-order valence-corrected chi connectivity index (χ3v) is 8.14. The lowest BCUT2D eigenvalue weighted by Crippen LogP contribution is -2.65. The molecule has 0 aromatic heterocycles. The van der Waals surface area contributed by atoms with Crippen molar-refractivity contribution < 1.29 is 34.8 Å². The smallest absolute Gasteiger partial charge is 0.255 e. The Bertz CT molecular complexity index is 1280. The maximum atomic E-state index is 13.9. The van der Waals surface area contributed by atoms with Crippen LogP contribution in [0.5, 0.6) is 5.75 Å². The van der Waals surface area contributed by atoms with Gasteiger partial charge < -0.3 is 31.5 Å². The van der Waals surface area contributed by atoms with E-state index in [1.165, 1.54) is 4.90 Å². The summed E-state index contributed by atoms with van der Waals surface area (Å²) in [4.78, 5) is 40.7. The number of benzene rings is 1. The van der Waals surface area contributed by atoms with Crippen LogP contribution in [0.3, 0.4) is 0 Å². The molecular weight excluding hydrogens is 490 g/mol. The molecule has 1 saturated carbocycles. The van der Waals surface area contributed by atoms with Gasteiger partial charge in [-0.25, -0.2) is 0 Å². The Hall–Kier alpha value is -3.21. The number of carbonyl (C=O) groups excluding carboxylic acids is 3. The minimum absolute atomic E-state index is 0.0768. The first kappa shape index (κ1) is 27.8. The van der Waals surface area contributed by atoms with Crippen LogP contribution in [0.15, 0.2) is 23.0 Å². The summed E-state index contributed by atoms with van der Waals surface area (Å²) in [5.41, 5.74) is 4.12. The van der Waals surface area contributed by atoms with Gasteiger partial charge in [0, 0.05) is 23.6 Å². The number of aliphatic hydroxyl groups excluding tert-OH is 2. The molecule has 1 aromatic carbocycles. The third kappa shape index (κ3) is 4.02. The Balaban J connectivity index is 1.91. The molecule has 10 nitrogen and oxygen atoms in total. The highest BCUT2D eigenvalue weighted by Crippen LogP contribution is 2.53. The number of hydrogen-bond donors (Lipinski definition) is 6. The molecule has 4 atom stereocenters. The van der Waals surface area contributed by atoms with E-state index in [9.17, 15) is 34.8 Å². The highest BCUT2D eigenvalue weighted by atomic mass is 16.3. The van der Waals surface area contributed by atoms with Crippen molar-refractivity contribution in [1.29, 1.82) is 0 Å². The molecule has 1 amide bonds. The maximum absolute atomic E-state index is 13.9. The molecule has 206 valence electrons. The van der Waals surface area contributed by atoms with Gasteiger partial charge >= 0.3 is 0 Å². The molecule has 0 aliphatic heterocycles. The van der Waals surface area contributed by atoms with Gasteiger partial charge in [-0.2, -0.15) is 0 Å². The molecule has 1 aromatic rings. The fourth-order valence-electron chi connectivity index (χ4n) is 6.40. The van der Waals surface area contributed by atoms with Gasteiger partial charge in [0.2, 0.25) is 5.78 Å². The zero-order chi connectivity index (χ0) is 28.3. The number of phenolic OH excluding ortho intramolecular Hbond substituents is 1. The van der Waals surface area contributed by atoms with Crippen molar-refractivity contribution in [3.63, 3.8) is 0 Å². The minimum Gasteiger partial charge on any atom is -0.508 e. The predicted octanol–water partition coefficient (Wildman–Crippen LogP) is 1.27. The number of likely N-dealkylation sites (N-methyl/N-ethyl adjacent to an activating group) is 1. The minimum atomic E-state index is -2.63. The van der Waals surface area contributed by atoms with Gasteiger partial charge in [0.15, 0.2) is 11.4 Å². The van der Waals surface area contributed by atoms with Crippen LogP contribution >= 0.6 is 0 Å². The van der Waals surface area contributed by atoms with Crippen LogP contribution in [-0.2, 0) is 33.8 Å². The molecule has 0 radical (unpaired) electrons. The Labute approximate surface area is 221 Å². The highest BCUT2D eigenvalue weighted by Gasteiger charge is 2.64. The van der Waals surface area contributed by atoms with Gasteiger partial charge in [-0.15, -0.1) is 0 Å². The first-order valence-electron chi connectivity index (χ1n) is 13.0. The number of nitrogens with one attached hydrogen (secondary N) is 1. The zero-order valence-corrected chi connectivity index (χ0v) is 22.5. The van der Waals surface area contributed by atoms with E-state index >= 15 is 0 Å². The topological polar surface area (TPSA) is 173 Å². The highest BCUT2D eigenvalue weighted by molar-refractivity contribution is 6.24. The second-order valence-electron chi connectivity index (χ2n) is 11.2. The Kier molecular flexibility index (Phi) is 7.20. The number of hydrogen-bond acceptors (Lipinski definition) is 9. The van der Waals surface area contributed by atoms with Crippen LogP contribution in [0.4, 0.5) is 0 Å². The van der Waals surface area contributed by atoms with E-state index in [0.29, 0.717) is 36.4 Å². The van der Waals surface area contributed by atoms with Crippen molar-refractivity contribution in [2.75, 3.05) is 20.6 Å². The van der Waals surface area contributed by atoms with Crippen molar-refractivity contribution in [3.05, 3.63) is 45.2 Å². The Morgan fingerprint density at radius 1 is 1.21 bits per heavy atom. The Morgan fingerprint density at radius 3 is 2.42 bits per heavy atom. The lowest BCUT2D eigenvalue weighted by molar-refractivity contribution is -0.153. The molecule has 1 fully saturated rings. The number of carbonyl (C=O) groups is 3. The number of nitrogens with two attached hydrogens (primary N) is 1. The molecule has 0 unspecified atom stereocenters. The number of Topliss-reactive ketones (excluding diaryl/α,β-unsaturated/α-hetero) is 2. The lowest BCUT2D eigenvalue weighted by atomic mass is 9.57. The van der Waals surface area contributed by atoms with E-state index in [1.807, 2.05) is 13.0 Å². The molecule has 38 heavy (non-hydrogen) atoms. The first-order chi connectivity index (χ1) is 17.8.